The number of rotatable bonds is 7. The average Bonchev–Trinajstić information content (AvgIpc) is 2.75. The fraction of sp³-hybridized carbons (Fsp3) is 0.261. The summed E-state index contributed by atoms with van der Waals surface area (Å²) in [6, 6.07) is 20.9. The molecule has 0 aliphatic heterocycles. The maximum atomic E-state index is 13.3. The van der Waals surface area contributed by atoms with Crippen molar-refractivity contribution in [1.29, 1.82) is 0 Å². The van der Waals surface area contributed by atoms with Crippen molar-refractivity contribution in [2.45, 2.75) is 37.8 Å². The third-order valence-corrected chi connectivity index (χ3v) is 5.01. The van der Waals surface area contributed by atoms with Crippen LogP contribution in [0.3, 0.4) is 0 Å². The van der Waals surface area contributed by atoms with Gasteiger partial charge in [-0.3, -0.25) is 9.97 Å². The number of carbonyl (C=O) groups is 1. The van der Waals surface area contributed by atoms with Gasteiger partial charge in [0.25, 0.3) is 0 Å². The van der Waals surface area contributed by atoms with Gasteiger partial charge in [-0.2, -0.15) is 0 Å². The molecule has 5 heteroatoms. The monoisotopic (exact) mass is 375 g/mol. The number of nitrogens with zero attached hydrogens (tertiary/aromatic N) is 2. The molecule has 0 amide bonds. The molecule has 1 aromatic carbocycles. The molecule has 3 unspecified atom stereocenters. The first kappa shape index (κ1) is 19.7. The zero-order valence-electron chi connectivity index (χ0n) is 16.2. The lowest BCUT2D eigenvalue weighted by molar-refractivity contribution is -0.156. The largest absolute Gasteiger partial charge is 0.455 e. The highest BCUT2D eigenvalue weighted by molar-refractivity contribution is 5.82. The van der Waals surface area contributed by atoms with Crippen LogP contribution < -0.4 is 5.73 Å². The van der Waals surface area contributed by atoms with Crippen LogP contribution in [0.2, 0.25) is 0 Å². The zero-order valence-corrected chi connectivity index (χ0v) is 16.2. The molecule has 144 valence electrons. The lowest BCUT2D eigenvalue weighted by atomic mass is 9.78. The van der Waals surface area contributed by atoms with Crippen molar-refractivity contribution in [3.8, 4) is 0 Å². The van der Waals surface area contributed by atoms with Gasteiger partial charge in [0, 0.05) is 30.4 Å². The van der Waals surface area contributed by atoms with Crippen molar-refractivity contribution < 1.29 is 9.53 Å². The second-order valence-corrected chi connectivity index (χ2v) is 6.98. The molecule has 2 heterocycles. The summed E-state index contributed by atoms with van der Waals surface area (Å²) in [7, 11) is 0. The van der Waals surface area contributed by atoms with Gasteiger partial charge >= 0.3 is 5.97 Å². The van der Waals surface area contributed by atoms with Gasteiger partial charge < -0.3 is 10.5 Å². The molecule has 3 rings (SSSR count). The number of ether oxygens (including phenoxy) is 1. The van der Waals surface area contributed by atoms with E-state index in [0.29, 0.717) is 12.1 Å². The molecule has 3 atom stereocenters. The van der Waals surface area contributed by atoms with Gasteiger partial charge in [-0.1, -0.05) is 49.4 Å². The standard InChI is InChI=1S/C23H25N3O2/c1-17(20-12-6-8-14-25-20)23(24,16-19-10-4-3-5-11-19)22(27)28-18(2)21-13-7-9-15-26-21/h3-15,17-18H,16,24H2,1-2H3. The molecular weight excluding hydrogens is 350 g/mol. The van der Waals surface area contributed by atoms with E-state index in [2.05, 4.69) is 9.97 Å². The zero-order chi connectivity index (χ0) is 20.0. The predicted octanol–water partition coefficient (Wildman–Crippen LogP) is 3.82. The predicted molar refractivity (Wildman–Crippen MR) is 108 cm³/mol. The van der Waals surface area contributed by atoms with E-state index in [0.717, 1.165) is 11.3 Å². The van der Waals surface area contributed by atoms with Crippen LogP contribution in [-0.4, -0.2) is 21.5 Å². The lowest BCUT2D eigenvalue weighted by Crippen LogP contribution is -2.55. The van der Waals surface area contributed by atoms with Gasteiger partial charge in [0.1, 0.15) is 11.6 Å². The maximum absolute atomic E-state index is 13.3. The number of nitrogens with two attached hydrogens (primary N) is 1. The van der Waals surface area contributed by atoms with E-state index >= 15 is 0 Å². The van der Waals surface area contributed by atoms with Crippen LogP contribution in [0.25, 0.3) is 0 Å². The van der Waals surface area contributed by atoms with Crippen molar-refractivity contribution >= 4 is 5.97 Å². The highest BCUT2D eigenvalue weighted by Crippen LogP contribution is 2.31. The Hall–Kier alpha value is -3.05. The van der Waals surface area contributed by atoms with Gasteiger partial charge in [0.15, 0.2) is 0 Å². The molecule has 2 aromatic heterocycles. The number of hydrogen-bond acceptors (Lipinski definition) is 5. The summed E-state index contributed by atoms with van der Waals surface area (Å²) in [5, 5.41) is 0. The summed E-state index contributed by atoms with van der Waals surface area (Å²) in [5.41, 5.74) is 7.88. The van der Waals surface area contributed by atoms with E-state index in [1.54, 1.807) is 19.3 Å². The van der Waals surface area contributed by atoms with Crippen molar-refractivity contribution in [3.05, 3.63) is 96.1 Å². The number of benzene rings is 1. The summed E-state index contributed by atoms with van der Waals surface area (Å²) in [6.45, 7) is 3.71. The first-order valence-corrected chi connectivity index (χ1v) is 9.36. The third kappa shape index (κ3) is 4.43. The van der Waals surface area contributed by atoms with Crippen molar-refractivity contribution in [1.82, 2.24) is 9.97 Å². The van der Waals surface area contributed by atoms with Crippen LogP contribution >= 0.6 is 0 Å². The van der Waals surface area contributed by atoms with Gasteiger partial charge in [-0.05, 0) is 36.8 Å². The molecule has 3 aromatic rings. The molecule has 0 aliphatic carbocycles. The maximum Gasteiger partial charge on any atom is 0.327 e. The van der Waals surface area contributed by atoms with E-state index in [-0.39, 0.29) is 5.92 Å². The Labute approximate surface area is 165 Å². The fourth-order valence-electron chi connectivity index (χ4n) is 3.18. The smallest absolute Gasteiger partial charge is 0.327 e. The molecule has 0 radical (unpaired) electrons. The van der Waals surface area contributed by atoms with Crippen LogP contribution in [0, 0.1) is 0 Å². The number of esters is 1. The molecule has 0 fully saturated rings. The number of hydrogen-bond donors (Lipinski definition) is 1. The van der Waals surface area contributed by atoms with E-state index in [1.165, 1.54) is 0 Å². The molecular formula is C23H25N3O2. The Morgan fingerprint density at radius 1 is 0.929 bits per heavy atom. The SMILES string of the molecule is CC(OC(=O)C(N)(Cc1ccccc1)C(C)c1ccccn1)c1ccccn1. The lowest BCUT2D eigenvalue weighted by Gasteiger charge is -2.34. The molecule has 0 spiro atoms. The normalized spacial score (nSPS) is 15.2. The Morgan fingerprint density at radius 3 is 2.07 bits per heavy atom. The molecule has 0 bridgehead atoms. The Kier molecular flexibility index (Phi) is 6.16. The minimum Gasteiger partial charge on any atom is -0.455 e. The highest BCUT2D eigenvalue weighted by atomic mass is 16.5. The van der Waals surface area contributed by atoms with Gasteiger partial charge in [-0.15, -0.1) is 0 Å². The topological polar surface area (TPSA) is 78.1 Å². The summed E-state index contributed by atoms with van der Waals surface area (Å²) in [5.74, 6) is -0.801. The summed E-state index contributed by atoms with van der Waals surface area (Å²) < 4.78 is 5.76. The van der Waals surface area contributed by atoms with Crippen LogP contribution in [0.1, 0.15) is 42.8 Å². The Balaban J connectivity index is 1.89. The van der Waals surface area contributed by atoms with Gasteiger partial charge in [-0.25, -0.2) is 4.79 Å². The third-order valence-electron chi connectivity index (χ3n) is 5.01. The average molecular weight is 375 g/mol. The van der Waals surface area contributed by atoms with Crippen molar-refractivity contribution in [2.24, 2.45) is 5.73 Å². The number of pyridine rings is 2. The summed E-state index contributed by atoms with van der Waals surface area (Å²) >= 11 is 0. The summed E-state index contributed by atoms with van der Waals surface area (Å²) in [6.07, 6.45) is 3.23. The molecule has 2 N–H and O–H groups in total. The van der Waals surface area contributed by atoms with Crippen molar-refractivity contribution in [2.75, 3.05) is 0 Å². The first-order valence-electron chi connectivity index (χ1n) is 9.36. The van der Waals surface area contributed by atoms with E-state index in [4.69, 9.17) is 10.5 Å². The van der Waals surface area contributed by atoms with Gasteiger partial charge in [0.05, 0.1) is 5.69 Å². The molecule has 0 saturated carbocycles. The summed E-state index contributed by atoms with van der Waals surface area (Å²) in [4.78, 5) is 21.9. The number of carbonyl (C=O) groups excluding carboxylic acids is 1. The van der Waals surface area contributed by atoms with Crippen LogP contribution in [0.4, 0.5) is 0 Å². The Bertz CT molecular complexity index is 887. The Morgan fingerprint density at radius 2 is 1.50 bits per heavy atom. The fourth-order valence-corrected chi connectivity index (χ4v) is 3.18. The van der Waals surface area contributed by atoms with Crippen LogP contribution in [-0.2, 0) is 16.0 Å². The van der Waals surface area contributed by atoms with E-state index in [1.807, 2.05) is 73.7 Å². The molecule has 5 nitrogen and oxygen atoms in total. The quantitative estimate of drug-likeness (QED) is 0.635. The van der Waals surface area contributed by atoms with Crippen LogP contribution in [0.15, 0.2) is 79.1 Å². The van der Waals surface area contributed by atoms with Crippen LogP contribution in [0.5, 0.6) is 0 Å². The molecule has 0 saturated heterocycles. The van der Waals surface area contributed by atoms with E-state index in [9.17, 15) is 4.79 Å². The first-order chi connectivity index (χ1) is 13.5. The van der Waals surface area contributed by atoms with E-state index < -0.39 is 17.6 Å². The second-order valence-electron chi connectivity index (χ2n) is 6.98. The second kappa shape index (κ2) is 8.76. The van der Waals surface area contributed by atoms with Crippen molar-refractivity contribution in [3.63, 3.8) is 0 Å². The highest BCUT2D eigenvalue weighted by Gasteiger charge is 2.43. The van der Waals surface area contributed by atoms with Gasteiger partial charge in [0.2, 0.25) is 0 Å². The molecule has 0 aliphatic rings. The minimum atomic E-state index is -1.27. The number of aromatic nitrogens is 2. The molecule has 28 heavy (non-hydrogen) atoms. The minimum absolute atomic E-state index is 0.336.